The number of hydrogen-bond donors (Lipinski definition) is 1. The third-order valence-corrected chi connectivity index (χ3v) is 5.95. The zero-order chi connectivity index (χ0) is 18.3. The number of hydrogen-bond acceptors (Lipinski definition) is 2. The maximum Gasteiger partial charge on any atom is 0.256 e. The maximum absolute atomic E-state index is 14.7. The Bertz CT molecular complexity index is 815. The van der Waals surface area contributed by atoms with Crippen LogP contribution < -0.4 is 5.32 Å². The zero-order valence-electron chi connectivity index (χ0n) is 15.1. The molecule has 2 saturated heterocycles. The molecular formula is C21H23Cl2FN2O. The summed E-state index contributed by atoms with van der Waals surface area (Å²) in [6.45, 7) is 0. The molecule has 27 heavy (non-hydrogen) atoms. The highest BCUT2D eigenvalue weighted by Gasteiger charge is 2.36. The average molecular weight is 409 g/mol. The van der Waals surface area contributed by atoms with Crippen LogP contribution in [0.3, 0.4) is 0 Å². The standard InChI is InChI=1S/C21H22ClFN2O.ClH/c1-25(18-11-16-7-8-17(12-18)24-16)21(26)19-9-4-14(10-20(19)23)13-2-5-15(22)6-3-13;/h2-6,9-10,16-18,24H,7-8,11-12H2,1H3;1H. The highest BCUT2D eigenvalue weighted by atomic mass is 35.5. The molecule has 1 N–H and O–H groups in total. The maximum atomic E-state index is 14.7. The molecule has 0 aliphatic carbocycles. The van der Waals surface area contributed by atoms with Crippen molar-refractivity contribution in [1.29, 1.82) is 0 Å². The Morgan fingerprint density at radius 2 is 1.67 bits per heavy atom. The number of benzene rings is 2. The molecule has 1 amide bonds. The molecule has 2 fully saturated rings. The molecule has 2 atom stereocenters. The number of piperidine rings is 1. The summed E-state index contributed by atoms with van der Waals surface area (Å²) in [7, 11) is 1.80. The first-order chi connectivity index (χ1) is 12.5. The second kappa shape index (κ2) is 8.17. The largest absolute Gasteiger partial charge is 0.339 e. The van der Waals surface area contributed by atoms with E-state index in [4.69, 9.17) is 11.6 Å². The molecule has 0 radical (unpaired) electrons. The lowest BCUT2D eigenvalue weighted by Crippen LogP contribution is -2.48. The topological polar surface area (TPSA) is 32.3 Å². The van der Waals surface area contributed by atoms with Crippen LogP contribution in [0, 0.1) is 5.82 Å². The first kappa shape index (κ1) is 20.1. The molecule has 2 heterocycles. The van der Waals surface area contributed by atoms with Gasteiger partial charge in [0.05, 0.1) is 5.56 Å². The SMILES string of the molecule is CN(C(=O)c1ccc(-c2ccc(Cl)cc2)cc1F)C1CC2CCC(C1)N2.Cl. The van der Waals surface area contributed by atoms with E-state index in [2.05, 4.69) is 5.32 Å². The molecule has 2 aromatic rings. The van der Waals surface area contributed by atoms with E-state index in [-0.39, 0.29) is 29.9 Å². The fourth-order valence-electron chi connectivity index (χ4n) is 4.21. The number of nitrogens with one attached hydrogen (secondary N) is 1. The highest BCUT2D eigenvalue weighted by molar-refractivity contribution is 6.30. The summed E-state index contributed by atoms with van der Waals surface area (Å²) in [5.41, 5.74) is 1.74. The van der Waals surface area contributed by atoms with Crippen molar-refractivity contribution in [3.8, 4) is 11.1 Å². The van der Waals surface area contributed by atoms with Crippen LogP contribution in [-0.2, 0) is 0 Å². The van der Waals surface area contributed by atoms with Crippen molar-refractivity contribution in [3.05, 3.63) is 58.9 Å². The van der Waals surface area contributed by atoms with Crippen molar-refractivity contribution in [2.75, 3.05) is 7.05 Å². The van der Waals surface area contributed by atoms with Crippen molar-refractivity contribution in [2.45, 2.75) is 43.8 Å². The van der Waals surface area contributed by atoms with Crippen LogP contribution >= 0.6 is 24.0 Å². The van der Waals surface area contributed by atoms with E-state index in [1.807, 2.05) is 12.1 Å². The summed E-state index contributed by atoms with van der Waals surface area (Å²) in [5, 5.41) is 4.21. The molecule has 2 aliphatic rings. The van der Waals surface area contributed by atoms with Crippen molar-refractivity contribution in [1.82, 2.24) is 10.2 Å². The molecule has 144 valence electrons. The number of halogens is 3. The molecule has 0 saturated carbocycles. The Morgan fingerprint density at radius 3 is 2.26 bits per heavy atom. The van der Waals surface area contributed by atoms with Gasteiger partial charge in [-0.1, -0.05) is 29.8 Å². The summed E-state index contributed by atoms with van der Waals surface area (Å²) < 4.78 is 14.7. The van der Waals surface area contributed by atoms with Gasteiger partial charge in [0.25, 0.3) is 5.91 Å². The van der Waals surface area contributed by atoms with E-state index in [1.54, 1.807) is 36.2 Å². The lowest BCUT2D eigenvalue weighted by molar-refractivity contribution is 0.0677. The molecule has 2 bridgehead atoms. The van der Waals surface area contributed by atoms with Gasteiger partial charge in [-0.25, -0.2) is 4.39 Å². The molecule has 0 aromatic heterocycles. The zero-order valence-corrected chi connectivity index (χ0v) is 16.7. The summed E-state index contributed by atoms with van der Waals surface area (Å²) in [6, 6.07) is 13.2. The fraction of sp³-hybridized carbons (Fsp3) is 0.381. The normalized spacial score (nSPS) is 23.6. The summed E-state index contributed by atoms with van der Waals surface area (Å²) in [4.78, 5) is 14.6. The van der Waals surface area contributed by atoms with Gasteiger partial charge in [0.15, 0.2) is 0 Å². The van der Waals surface area contributed by atoms with Crippen LogP contribution in [0.4, 0.5) is 4.39 Å². The Morgan fingerprint density at radius 1 is 1.07 bits per heavy atom. The van der Waals surface area contributed by atoms with Gasteiger partial charge in [0.2, 0.25) is 0 Å². The molecule has 6 heteroatoms. The van der Waals surface area contributed by atoms with Crippen LogP contribution in [0.5, 0.6) is 0 Å². The summed E-state index contributed by atoms with van der Waals surface area (Å²) >= 11 is 5.90. The fourth-order valence-corrected chi connectivity index (χ4v) is 4.34. The van der Waals surface area contributed by atoms with Gasteiger partial charge in [0, 0.05) is 30.2 Å². The average Bonchev–Trinajstić information content (AvgIpc) is 2.99. The first-order valence-corrected chi connectivity index (χ1v) is 9.48. The lowest BCUT2D eigenvalue weighted by Gasteiger charge is -2.35. The molecule has 3 nitrogen and oxygen atoms in total. The van der Waals surface area contributed by atoms with E-state index in [0.29, 0.717) is 17.1 Å². The van der Waals surface area contributed by atoms with Gasteiger partial charge in [-0.15, -0.1) is 12.4 Å². The van der Waals surface area contributed by atoms with Gasteiger partial charge >= 0.3 is 0 Å². The van der Waals surface area contributed by atoms with Gasteiger partial charge in [0.1, 0.15) is 5.82 Å². The molecule has 2 aromatic carbocycles. The van der Waals surface area contributed by atoms with Crippen LogP contribution in [0.25, 0.3) is 11.1 Å². The molecule has 4 rings (SSSR count). The number of carbonyl (C=O) groups excluding carboxylic acids is 1. The van der Waals surface area contributed by atoms with E-state index in [1.165, 1.54) is 18.9 Å². The first-order valence-electron chi connectivity index (χ1n) is 9.10. The van der Waals surface area contributed by atoms with Crippen molar-refractivity contribution < 1.29 is 9.18 Å². The van der Waals surface area contributed by atoms with Crippen LogP contribution in [0.2, 0.25) is 5.02 Å². The molecule has 2 unspecified atom stereocenters. The van der Waals surface area contributed by atoms with Crippen LogP contribution in [-0.4, -0.2) is 36.0 Å². The Labute approximate surface area is 170 Å². The minimum Gasteiger partial charge on any atom is -0.339 e. The third-order valence-electron chi connectivity index (χ3n) is 5.69. The number of amides is 1. The molecular weight excluding hydrogens is 386 g/mol. The van der Waals surface area contributed by atoms with E-state index in [0.717, 1.165) is 24.0 Å². The number of fused-ring (bicyclic) bond motifs is 2. The predicted molar refractivity (Wildman–Crippen MR) is 109 cm³/mol. The van der Waals surface area contributed by atoms with Gasteiger partial charge < -0.3 is 10.2 Å². The van der Waals surface area contributed by atoms with Gasteiger partial charge in [-0.2, -0.15) is 0 Å². The summed E-state index contributed by atoms with van der Waals surface area (Å²) in [6.07, 6.45) is 4.24. The lowest BCUT2D eigenvalue weighted by atomic mass is 9.97. The Balaban J connectivity index is 0.00000210. The minimum absolute atomic E-state index is 0. The Hall–Kier alpha value is -1.62. The molecule has 0 spiro atoms. The second-order valence-electron chi connectivity index (χ2n) is 7.38. The smallest absolute Gasteiger partial charge is 0.256 e. The van der Waals surface area contributed by atoms with Gasteiger partial charge in [-0.3, -0.25) is 4.79 Å². The number of carbonyl (C=O) groups is 1. The van der Waals surface area contributed by atoms with E-state index in [9.17, 15) is 9.18 Å². The van der Waals surface area contributed by atoms with Crippen molar-refractivity contribution in [2.24, 2.45) is 0 Å². The molecule has 2 aliphatic heterocycles. The van der Waals surface area contributed by atoms with Gasteiger partial charge in [-0.05, 0) is 61.1 Å². The number of nitrogens with zero attached hydrogens (tertiary/aromatic N) is 1. The second-order valence-corrected chi connectivity index (χ2v) is 7.82. The number of rotatable bonds is 3. The highest BCUT2D eigenvalue weighted by Crippen LogP contribution is 2.30. The van der Waals surface area contributed by atoms with Crippen molar-refractivity contribution >= 4 is 29.9 Å². The van der Waals surface area contributed by atoms with E-state index >= 15 is 0 Å². The van der Waals surface area contributed by atoms with E-state index < -0.39 is 5.82 Å². The summed E-state index contributed by atoms with van der Waals surface area (Å²) in [5.74, 6) is -0.720. The van der Waals surface area contributed by atoms with Crippen LogP contribution in [0.1, 0.15) is 36.0 Å². The third kappa shape index (κ3) is 4.13. The quantitative estimate of drug-likeness (QED) is 0.780. The Kier molecular flexibility index (Phi) is 6.09. The predicted octanol–water partition coefficient (Wildman–Crippen LogP) is 4.92. The van der Waals surface area contributed by atoms with Crippen molar-refractivity contribution in [3.63, 3.8) is 0 Å². The van der Waals surface area contributed by atoms with Crippen LogP contribution in [0.15, 0.2) is 42.5 Å². The minimum atomic E-state index is -0.480. The monoisotopic (exact) mass is 408 g/mol.